The van der Waals surface area contributed by atoms with Crippen LogP contribution in [0.1, 0.15) is 60.8 Å². The molecule has 0 radical (unpaired) electrons. The van der Waals surface area contributed by atoms with Crippen LogP contribution in [0.15, 0.2) is 0 Å². The van der Waals surface area contributed by atoms with Crippen LogP contribution < -0.4 is 42.5 Å². The van der Waals surface area contributed by atoms with Crippen molar-refractivity contribution in [1.82, 2.24) is 42.5 Å². The molecule has 0 aromatic carbocycles. The molecule has 0 aromatic heterocycles. The molecule has 89 heavy (non-hydrogen) atoms. The maximum absolute atomic E-state index is 14.1. The van der Waals surface area contributed by atoms with E-state index in [0.29, 0.717) is 0 Å². The van der Waals surface area contributed by atoms with Gasteiger partial charge in [0.15, 0.2) is 24.9 Å². The molecular weight excluding hydrogens is 1200 g/mol. The van der Waals surface area contributed by atoms with Crippen LogP contribution in [0, 0.1) is 0 Å². The number of aliphatic hydroxyl groups excluding tert-OH is 9. The summed E-state index contributed by atoms with van der Waals surface area (Å²) in [5, 5.41) is 111. The lowest BCUT2D eigenvalue weighted by Crippen LogP contribution is -2.64. The standard InChI is InChI=1S/C53H94N8O28/c1-28(65)57-37-44(73)41(70)32(25-62)87-50(37)83-21-17-80-14-10-54-35(68)8-7-31(47(76)55-11-15-81-18-22-84-51-38(58-29(2)66)45(74)42(71)33(26-63)88-51)60-49(78)40(61-36(69)9-13-79-20-24-86-53(4,5)6)48(77)56-12-16-82-19-23-85-52-39(59-30(3)67)46(75)43(72)34(27-64)89-52/h31-34,37-46,50-52,62-64,70-75H,7-27H2,1-6H3,(H,54,68)(H,55,76)(H,56,77)(H,57,65)(H,58,66)(H,59,67)(H,60,78)(H,61,69). The predicted molar refractivity (Wildman–Crippen MR) is 300 cm³/mol. The Labute approximate surface area is 514 Å². The van der Waals surface area contributed by atoms with E-state index in [1.54, 1.807) is 0 Å². The molecule has 3 aliphatic rings. The van der Waals surface area contributed by atoms with Crippen molar-refractivity contribution in [3.63, 3.8) is 0 Å². The van der Waals surface area contributed by atoms with E-state index >= 15 is 0 Å². The normalized spacial score (nSPS) is 27.7. The molecule has 8 amide bonds. The van der Waals surface area contributed by atoms with Crippen LogP contribution in [0.3, 0.4) is 0 Å². The lowest BCUT2D eigenvalue weighted by atomic mass is 9.97. The molecule has 0 spiro atoms. The molecule has 3 heterocycles. The van der Waals surface area contributed by atoms with E-state index in [9.17, 15) is 84.3 Å². The van der Waals surface area contributed by atoms with Gasteiger partial charge in [-0.2, -0.15) is 0 Å². The van der Waals surface area contributed by atoms with Gasteiger partial charge in [0.1, 0.15) is 79.1 Å². The molecule has 17 unspecified atom stereocenters. The van der Waals surface area contributed by atoms with E-state index in [1.807, 2.05) is 20.8 Å². The number of hydrogen-bond acceptors (Lipinski definition) is 28. The summed E-state index contributed by atoms with van der Waals surface area (Å²) >= 11 is 0. The number of ether oxygens (including phenoxy) is 11. The quantitative estimate of drug-likeness (QED) is 0.0200. The highest BCUT2D eigenvalue weighted by molar-refractivity contribution is 6.08. The van der Waals surface area contributed by atoms with Gasteiger partial charge in [-0.25, -0.2) is 0 Å². The number of carbonyl (C=O) groups excluding carboxylic acids is 8. The van der Waals surface area contributed by atoms with Gasteiger partial charge in [-0.15, -0.1) is 0 Å². The monoisotopic (exact) mass is 1290 g/mol. The second-order valence-electron chi connectivity index (χ2n) is 21.6. The zero-order valence-electron chi connectivity index (χ0n) is 50.9. The SMILES string of the molecule is CC(=O)NC1C(OCCOCCNC(=O)CCC(NC(=O)C(NC(=O)CCOCCOC(C)(C)C)C(=O)NCCOCCOC2OC(CO)C(O)C(O)C2NC(C)=O)C(=O)NCCOCCOC2OC(CO)C(O)C(O)C2NC(C)=O)OC(CO)C(O)C1O. The largest absolute Gasteiger partial charge is 0.394 e. The Bertz CT molecular complexity index is 2150. The predicted octanol–water partition coefficient (Wildman–Crippen LogP) is -9.76. The van der Waals surface area contributed by atoms with Crippen molar-refractivity contribution in [2.24, 2.45) is 0 Å². The summed E-state index contributed by atoms with van der Waals surface area (Å²) in [5.74, 6) is -6.17. The maximum atomic E-state index is 14.1. The number of nitrogens with one attached hydrogen (secondary N) is 8. The minimum absolute atomic E-state index is 0.0626. The third kappa shape index (κ3) is 28.6. The van der Waals surface area contributed by atoms with Crippen LogP contribution in [-0.2, 0) is 90.5 Å². The number of amides is 8. The van der Waals surface area contributed by atoms with Gasteiger partial charge in [-0.3, -0.25) is 38.4 Å². The van der Waals surface area contributed by atoms with E-state index in [0.717, 1.165) is 0 Å². The van der Waals surface area contributed by atoms with E-state index in [1.165, 1.54) is 20.8 Å². The fourth-order valence-electron chi connectivity index (χ4n) is 8.84. The van der Waals surface area contributed by atoms with Crippen LogP contribution in [0.5, 0.6) is 0 Å². The number of carbonyl (C=O) groups is 8. The third-order valence-electron chi connectivity index (χ3n) is 13.3. The lowest BCUT2D eigenvalue weighted by Gasteiger charge is -2.42. The molecule has 0 saturated carbocycles. The minimum atomic E-state index is -1.98. The van der Waals surface area contributed by atoms with Crippen molar-refractivity contribution in [3.05, 3.63) is 0 Å². The molecule has 0 aromatic rings. The van der Waals surface area contributed by atoms with E-state index in [2.05, 4.69) is 42.5 Å². The first-order chi connectivity index (χ1) is 42.2. The molecule has 0 aliphatic carbocycles. The first-order valence-corrected chi connectivity index (χ1v) is 29.1. The molecule has 36 nitrogen and oxygen atoms in total. The molecule has 3 saturated heterocycles. The third-order valence-corrected chi connectivity index (χ3v) is 13.3. The second kappa shape index (κ2) is 41.4. The molecule has 17 N–H and O–H groups in total. The summed E-state index contributed by atoms with van der Waals surface area (Å²) in [5.41, 5.74) is -0.454. The summed E-state index contributed by atoms with van der Waals surface area (Å²) in [6.07, 6.45) is -17.9. The Hall–Kier alpha value is -5.04. The van der Waals surface area contributed by atoms with Gasteiger partial charge in [0.05, 0.1) is 105 Å². The van der Waals surface area contributed by atoms with Crippen LogP contribution in [0.4, 0.5) is 0 Å². The molecule has 17 atom stereocenters. The molecular formula is C53H94N8O28. The lowest BCUT2D eigenvalue weighted by molar-refractivity contribution is -0.272. The summed E-state index contributed by atoms with van der Waals surface area (Å²) in [6.45, 7) is 5.40. The smallest absolute Gasteiger partial charge is 0.253 e. The summed E-state index contributed by atoms with van der Waals surface area (Å²) in [7, 11) is 0. The first-order valence-electron chi connectivity index (χ1n) is 29.1. The van der Waals surface area contributed by atoms with Crippen molar-refractivity contribution in [1.29, 1.82) is 0 Å². The van der Waals surface area contributed by atoms with E-state index in [-0.39, 0.29) is 112 Å². The minimum Gasteiger partial charge on any atom is -0.394 e. The van der Waals surface area contributed by atoms with Crippen molar-refractivity contribution < 1.29 is 136 Å². The van der Waals surface area contributed by atoms with Crippen molar-refractivity contribution in [2.75, 3.05) is 119 Å². The Morgan fingerprint density at radius 1 is 0.427 bits per heavy atom. The van der Waals surface area contributed by atoms with Gasteiger partial charge in [-0.05, 0) is 27.2 Å². The topological polar surface area (TPSA) is 516 Å². The Kier molecular flexibility index (Phi) is 36.4. The van der Waals surface area contributed by atoms with Gasteiger partial charge in [0, 0.05) is 53.2 Å². The fourth-order valence-corrected chi connectivity index (χ4v) is 8.84. The van der Waals surface area contributed by atoms with Gasteiger partial charge in [-0.1, -0.05) is 0 Å². The fraction of sp³-hybridized carbons (Fsp3) is 0.849. The van der Waals surface area contributed by atoms with Crippen LogP contribution in [0.25, 0.3) is 0 Å². The number of aliphatic hydroxyl groups is 9. The van der Waals surface area contributed by atoms with E-state index in [4.69, 9.17) is 52.1 Å². The zero-order valence-corrected chi connectivity index (χ0v) is 50.9. The highest BCUT2D eigenvalue weighted by atomic mass is 16.7. The molecule has 36 heteroatoms. The van der Waals surface area contributed by atoms with Gasteiger partial charge < -0.3 is 141 Å². The van der Waals surface area contributed by atoms with E-state index < -0.39 is 183 Å². The average molecular weight is 1290 g/mol. The highest BCUT2D eigenvalue weighted by Crippen LogP contribution is 2.25. The summed E-state index contributed by atoms with van der Waals surface area (Å²) in [6, 6.07) is -7.12. The Morgan fingerprint density at radius 3 is 1.18 bits per heavy atom. The number of hydrogen-bond donors (Lipinski definition) is 17. The van der Waals surface area contributed by atoms with Crippen molar-refractivity contribution >= 4 is 47.3 Å². The summed E-state index contributed by atoms with van der Waals surface area (Å²) in [4.78, 5) is 103. The highest BCUT2D eigenvalue weighted by Gasteiger charge is 2.48. The van der Waals surface area contributed by atoms with Crippen molar-refractivity contribution in [3.8, 4) is 0 Å². The Balaban J connectivity index is 1.67. The molecule has 0 bridgehead atoms. The molecule has 3 aliphatic heterocycles. The van der Waals surface area contributed by atoms with Crippen LogP contribution in [-0.4, -0.2) is 322 Å². The molecule has 3 rings (SSSR count). The van der Waals surface area contributed by atoms with Crippen molar-refractivity contribution in [2.45, 2.75) is 170 Å². The number of rotatable bonds is 41. The maximum Gasteiger partial charge on any atom is 0.253 e. The van der Waals surface area contributed by atoms with Gasteiger partial charge in [0.25, 0.3) is 11.8 Å². The zero-order chi connectivity index (χ0) is 66.2. The molecule has 3 fully saturated rings. The second-order valence-corrected chi connectivity index (χ2v) is 21.6. The summed E-state index contributed by atoms with van der Waals surface area (Å²) < 4.78 is 61.2. The first kappa shape index (κ1) is 78.2. The van der Waals surface area contributed by atoms with Gasteiger partial charge in [0.2, 0.25) is 35.4 Å². The van der Waals surface area contributed by atoms with Gasteiger partial charge >= 0.3 is 0 Å². The Morgan fingerprint density at radius 2 is 0.798 bits per heavy atom. The molecule has 514 valence electrons. The van der Waals surface area contributed by atoms with Crippen LogP contribution >= 0.6 is 0 Å². The average Bonchev–Trinajstić information content (AvgIpc) is 1.45. The van der Waals surface area contributed by atoms with Crippen LogP contribution in [0.2, 0.25) is 0 Å².